The molecule has 0 aliphatic heterocycles. The lowest BCUT2D eigenvalue weighted by Gasteiger charge is -2.14. The highest BCUT2D eigenvalue weighted by Crippen LogP contribution is 2.22. The number of carbonyl (C=O) groups is 1. The Balaban J connectivity index is 3.11. The van der Waals surface area contributed by atoms with E-state index in [4.69, 9.17) is 10.8 Å². The van der Waals surface area contributed by atoms with Crippen LogP contribution < -0.4 is 5.73 Å². The first-order valence-corrected chi connectivity index (χ1v) is 4.70. The average Bonchev–Trinajstić information content (AvgIpc) is 2.20. The summed E-state index contributed by atoms with van der Waals surface area (Å²) in [5, 5.41) is 9.13. The number of primary amides is 1. The van der Waals surface area contributed by atoms with E-state index in [9.17, 15) is 4.79 Å². The van der Waals surface area contributed by atoms with Crippen LogP contribution in [0, 0.1) is 0 Å². The van der Waals surface area contributed by atoms with Crippen LogP contribution in [0.2, 0.25) is 0 Å². The van der Waals surface area contributed by atoms with Gasteiger partial charge in [0.05, 0.1) is 0 Å². The highest BCUT2D eigenvalue weighted by atomic mass is 16.3. The Bertz CT molecular complexity index is 319. The molecule has 1 rings (SSSR count). The number of aliphatic hydroxyl groups is 1. The minimum Gasteiger partial charge on any atom is -0.396 e. The summed E-state index contributed by atoms with van der Waals surface area (Å²) in [7, 11) is 0. The fourth-order valence-corrected chi connectivity index (χ4v) is 1.52. The highest BCUT2D eigenvalue weighted by molar-refractivity contribution is 5.94. The van der Waals surface area contributed by atoms with Crippen LogP contribution in [-0.2, 0) is 0 Å². The summed E-state index contributed by atoms with van der Waals surface area (Å²) in [4.78, 5) is 11.1. The van der Waals surface area contributed by atoms with Crippen molar-refractivity contribution in [2.75, 3.05) is 6.61 Å². The molecule has 0 aromatic heterocycles. The molecule has 0 saturated carbocycles. The number of rotatable bonds is 4. The number of carbonyl (C=O) groups excluding carboxylic acids is 1. The standard InChI is InChI=1S/C11H15NO2/c1-2-8(7-13)9-5-3-4-6-10(9)11(12)14/h3-6,8,13H,2,7H2,1H3,(H2,12,14). The number of amides is 1. The van der Waals surface area contributed by atoms with E-state index >= 15 is 0 Å². The number of nitrogens with two attached hydrogens (primary N) is 1. The summed E-state index contributed by atoms with van der Waals surface area (Å²) in [5.74, 6) is -0.439. The number of hydrogen-bond donors (Lipinski definition) is 2. The monoisotopic (exact) mass is 193 g/mol. The van der Waals surface area contributed by atoms with Crippen molar-refractivity contribution in [3.05, 3.63) is 35.4 Å². The largest absolute Gasteiger partial charge is 0.396 e. The van der Waals surface area contributed by atoms with Crippen LogP contribution >= 0.6 is 0 Å². The molecule has 14 heavy (non-hydrogen) atoms. The van der Waals surface area contributed by atoms with Crippen molar-refractivity contribution in [3.63, 3.8) is 0 Å². The molecule has 3 nitrogen and oxygen atoms in total. The molecule has 0 bridgehead atoms. The second-order valence-electron chi connectivity index (χ2n) is 3.24. The maximum Gasteiger partial charge on any atom is 0.248 e. The van der Waals surface area contributed by atoms with E-state index in [1.807, 2.05) is 19.1 Å². The van der Waals surface area contributed by atoms with Crippen molar-refractivity contribution in [2.45, 2.75) is 19.3 Å². The SMILES string of the molecule is CCC(CO)c1ccccc1C(N)=O. The van der Waals surface area contributed by atoms with Crippen LogP contribution in [0.5, 0.6) is 0 Å². The minimum absolute atomic E-state index is 0.00120. The van der Waals surface area contributed by atoms with Gasteiger partial charge in [-0.25, -0.2) is 0 Å². The van der Waals surface area contributed by atoms with Gasteiger partial charge in [0.2, 0.25) is 5.91 Å². The number of aliphatic hydroxyl groups excluding tert-OH is 1. The summed E-state index contributed by atoms with van der Waals surface area (Å²) in [5.41, 5.74) is 6.59. The lowest BCUT2D eigenvalue weighted by Crippen LogP contribution is -2.16. The first kappa shape index (κ1) is 10.7. The molecule has 3 heteroatoms. The molecule has 1 aromatic rings. The molecular formula is C11H15NO2. The smallest absolute Gasteiger partial charge is 0.248 e. The Morgan fingerprint density at radius 3 is 2.64 bits per heavy atom. The molecule has 0 heterocycles. The lowest BCUT2D eigenvalue weighted by molar-refractivity contribution is 0.0998. The summed E-state index contributed by atoms with van der Waals surface area (Å²) in [6, 6.07) is 7.15. The van der Waals surface area contributed by atoms with Crippen molar-refractivity contribution in [3.8, 4) is 0 Å². The van der Waals surface area contributed by atoms with Gasteiger partial charge in [-0.05, 0) is 18.1 Å². The van der Waals surface area contributed by atoms with Crippen molar-refractivity contribution in [1.82, 2.24) is 0 Å². The maximum atomic E-state index is 11.1. The molecule has 0 aliphatic rings. The first-order chi connectivity index (χ1) is 6.70. The fraction of sp³-hybridized carbons (Fsp3) is 0.364. The van der Waals surface area contributed by atoms with Crippen molar-refractivity contribution >= 4 is 5.91 Å². The van der Waals surface area contributed by atoms with Gasteiger partial charge in [-0.2, -0.15) is 0 Å². The van der Waals surface area contributed by atoms with E-state index in [-0.39, 0.29) is 12.5 Å². The zero-order chi connectivity index (χ0) is 10.6. The van der Waals surface area contributed by atoms with Crippen molar-refractivity contribution in [1.29, 1.82) is 0 Å². The van der Waals surface area contributed by atoms with Gasteiger partial charge in [-0.3, -0.25) is 4.79 Å². The Morgan fingerprint density at radius 2 is 2.14 bits per heavy atom. The molecule has 1 unspecified atom stereocenters. The Hall–Kier alpha value is -1.35. The summed E-state index contributed by atoms with van der Waals surface area (Å²) >= 11 is 0. The van der Waals surface area contributed by atoms with Crippen LogP contribution in [0.1, 0.15) is 35.2 Å². The average molecular weight is 193 g/mol. The molecule has 0 aliphatic carbocycles. The second-order valence-corrected chi connectivity index (χ2v) is 3.24. The molecule has 0 fully saturated rings. The normalized spacial score (nSPS) is 12.4. The van der Waals surface area contributed by atoms with Gasteiger partial charge in [-0.15, -0.1) is 0 Å². The third-order valence-corrected chi connectivity index (χ3v) is 2.38. The van der Waals surface area contributed by atoms with Gasteiger partial charge < -0.3 is 10.8 Å². The molecule has 0 radical (unpaired) electrons. The van der Waals surface area contributed by atoms with Gasteiger partial charge in [0.25, 0.3) is 0 Å². The van der Waals surface area contributed by atoms with E-state index in [0.29, 0.717) is 5.56 Å². The number of benzene rings is 1. The summed E-state index contributed by atoms with van der Waals surface area (Å²) < 4.78 is 0. The first-order valence-electron chi connectivity index (χ1n) is 4.70. The Morgan fingerprint density at radius 1 is 1.50 bits per heavy atom. The van der Waals surface area contributed by atoms with E-state index < -0.39 is 5.91 Å². The van der Waals surface area contributed by atoms with E-state index in [0.717, 1.165) is 12.0 Å². The third-order valence-electron chi connectivity index (χ3n) is 2.38. The van der Waals surface area contributed by atoms with E-state index in [1.54, 1.807) is 12.1 Å². The van der Waals surface area contributed by atoms with Crippen LogP contribution in [0.15, 0.2) is 24.3 Å². The Labute approximate surface area is 83.6 Å². The highest BCUT2D eigenvalue weighted by Gasteiger charge is 2.14. The van der Waals surface area contributed by atoms with E-state index in [1.165, 1.54) is 0 Å². The quantitative estimate of drug-likeness (QED) is 0.756. The lowest BCUT2D eigenvalue weighted by atomic mass is 9.92. The zero-order valence-corrected chi connectivity index (χ0v) is 8.23. The minimum atomic E-state index is -0.437. The molecular weight excluding hydrogens is 178 g/mol. The topological polar surface area (TPSA) is 63.3 Å². The molecule has 76 valence electrons. The van der Waals surface area contributed by atoms with Gasteiger partial charge in [-0.1, -0.05) is 25.1 Å². The van der Waals surface area contributed by atoms with Crippen LogP contribution in [0.4, 0.5) is 0 Å². The molecule has 1 atom stereocenters. The van der Waals surface area contributed by atoms with Crippen LogP contribution in [0.3, 0.4) is 0 Å². The molecule has 3 N–H and O–H groups in total. The second kappa shape index (κ2) is 4.77. The van der Waals surface area contributed by atoms with Crippen LogP contribution in [-0.4, -0.2) is 17.6 Å². The van der Waals surface area contributed by atoms with Crippen molar-refractivity contribution < 1.29 is 9.90 Å². The van der Waals surface area contributed by atoms with E-state index in [2.05, 4.69) is 0 Å². The third kappa shape index (κ3) is 2.12. The van der Waals surface area contributed by atoms with Gasteiger partial charge in [0.1, 0.15) is 0 Å². The number of hydrogen-bond acceptors (Lipinski definition) is 2. The molecule has 0 saturated heterocycles. The Kier molecular flexibility index (Phi) is 3.65. The zero-order valence-electron chi connectivity index (χ0n) is 8.23. The van der Waals surface area contributed by atoms with Crippen molar-refractivity contribution in [2.24, 2.45) is 5.73 Å². The molecule has 0 spiro atoms. The van der Waals surface area contributed by atoms with Crippen LogP contribution in [0.25, 0.3) is 0 Å². The van der Waals surface area contributed by atoms with Gasteiger partial charge >= 0.3 is 0 Å². The maximum absolute atomic E-state index is 11.1. The fourth-order valence-electron chi connectivity index (χ4n) is 1.52. The summed E-state index contributed by atoms with van der Waals surface area (Å²) in [6.07, 6.45) is 0.792. The predicted octanol–water partition coefficient (Wildman–Crippen LogP) is 1.27. The molecule has 1 aromatic carbocycles. The summed E-state index contributed by atoms with van der Waals surface area (Å²) in [6.45, 7) is 2.01. The van der Waals surface area contributed by atoms with Gasteiger partial charge in [0.15, 0.2) is 0 Å². The van der Waals surface area contributed by atoms with Gasteiger partial charge in [0, 0.05) is 18.1 Å². The molecule has 1 amide bonds. The predicted molar refractivity (Wildman–Crippen MR) is 55.1 cm³/mol.